The van der Waals surface area contributed by atoms with Gasteiger partial charge in [-0.05, 0) is 30.9 Å². The van der Waals surface area contributed by atoms with Crippen molar-refractivity contribution < 1.29 is 22.7 Å². The van der Waals surface area contributed by atoms with Gasteiger partial charge in [-0.1, -0.05) is 17.4 Å². The minimum Gasteiger partial charge on any atom is -0.378 e. The number of hydrogen-bond donors (Lipinski definition) is 0. The Kier molecular flexibility index (Phi) is 5.46. The number of rotatable bonds is 3. The Labute approximate surface area is 165 Å². The van der Waals surface area contributed by atoms with E-state index in [0.29, 0.717) is 61.6 Å². The smallest absolute Gasteiger partial charge is 0.378 e. The number of piperidine rings is 1. The van der Waals surface area contributed by atoms with Crippen LogP contribution < -0.4 is 4.90 Å². The SMILES string of the molecule is O=C(CC1CCN(c2nc3c(C(F)(F)F)cccc3s2)CC1)N1CCOCC1. The van der Waals surface area contributed by atoms with Crippen LogP contribution in [0, 0.1) is 5.92 Å². The summed E-state index contributed by atoms with van der Waals surface area (Å²) in [5.41, 5.74) is -0.655. The van der Waals surface area contributed by atoms with Gasteiger partial charge in [-0.25, -0.2) is 4.98 Å². The van der Waals surface area contributed by atoms with E-state index >= 15 is 0 Å². The fourth-order valence-corrected chi connectivity index (χ4v) is 4.86. The summed E-state index contributed by atoms with van der Waals surface area (Å²) >= 11 is 1.30. The van der Waals surface area contributed by atoms with Gasteiger partial charge in [0.15, 0.2) is 5.13 Å². The molecule has 0 radical (unpaired) electrons. The summed E-state index contributed by atoms with van der Waals surface area (Å²) in [4.78, 5) is 20.6. The second-order valence-corrected chi connectivity index (χ2v) is 8.28. The van der Waals surface area contributed by atoms with Gasteiger partial charge in [0.1, 0.15) is 0 Å². The van der Waals surface area contributed by atoms with Crippen molar-refractivity contribution in [3.63, 3.8) is 0 Å². The molecule has 2 fully saturated rings. The first-order valence-corrected chi connectivity index (χ1v) is 10.3. The number of halogens is 3. The summed E-state index contributed by atoms with van der Waals surface area (Å²) in [6, 6.07) is 4.19. The van der Waals surface area contributed by atoms with Crippen molar-refractivity contribution >= 4 is 32.6 Å². The molecule has 0 unspecified atom stereocenters. The van der Waals surface area contributed by atoms with Gasteiger partial charge >= 0.3 is 6.18 Å². The number of nitrogens with zero attached hydrogens (tertiary/aromatic N) is 3. The minimum atomic E-state index is -4.41. The quantitative estimate of drug-likeness (QED) is 0.768. The summed E-state index contributed by atoms with van der Waals surface area (Å²) in [6.45, 7) is 3.93. The van der Waals surface area contributed by atoms with Crippen molar-refractivity contribution in [1.82, 2.24) is 9.88 Å². The van der Waals surface area contributed by atoms with Crippen LogP contribution in [-0.4, -0.2) is 55.2 Å². The standard InChI is InChI=1S/C19H22F3N3O2S/c20-19(21,22)14-2-1-3-15-17(14)23-18(28-15)25-6-4-13(5-7-25)12-16(26)24-8-10-27-11-9-24/h1-3,13H,4-12H2. The molecule has 0 atom stereocenters. The molecule has 2 aliphatic rings. The Bertz CT molecular complexity index is 841. The molecule has 3 heterocycles. The number of amides is 1. The topological polar surface area (TPSA) is 45.7 Å². The highest BCUT2D eigenvalue weighted by Crippen LogP contribution is 2.39. The molecule has 0 saturated carbocycles. The summed E-state index contributed by atoms with van der Waals surface area (Å²) in [5.74, 6) is 0.489. The molecule has 152 valence electrons. The maximum absolute atomic E-state index is 13.2. The normalized spacial score (nSPS) is 19.4. The van der Waals surface area contributed by atoms with Gasteiger partial charge in [0.05, 0.1) is 29.0 Å². The average molecular weight is 413 g/mol. The lowest BCUT2D eigenvalue weighted by Gasteiger charge is -2.33. The monoisotopic (exact) mass is 413 g/mol. The third kappa shape index (κ3) is 4.10. The number of anilines is 1. The average Bonchev–Trinajstić information content (AvgIpc) is 3.12. The van der Waals surface area contributed by atoms with Gasteiger partial charge in [-0.2, -0.15) is 13.2 Å². The lowest BCUT2D eigenvalue weighted by atomic mass is 9.93. The van der Waals surface area contributed by atoms with Crippen LogP contribution >= 0.6 is 11.3 Å². The van der Waals surface area contributed by atoms with Crippen LogP contribution in [0.5, 0.6) is 0 Å². The molecule has 1 amide bonds. The molecule has 0 N–H and O–H groups in total. The zero-order chi connectivity index (χ0) is 19.7. The lowest BCUT2D eigenvalue weighted by molar-refractivity contribution is -0.137. The second-order valence-electron chi connectivity index (χ2n) is 7.27. The highest BCUT2D eigenvalue weighted by Gasteiger charge is 2.34. The number of aromatic nitrogens is 1. The molecule has 1 aromatic heterocycles. The molecule has 1 aromatic carbocycles. The van der Waals surface area contributed by atoms with Crippen LogP contribution in [0.1, 0.15) is 24.8 Å². The van der Waals surface area contributed by atoms with Crippen LogP contribution in [0.15, 0.2) is 18.2 Å². The number of morpholine rings is 1. The molecule has 2 aliphatic heterocycles. The van der Waals surface area contributed by atoms with Crippen molar-refractivity contribution in [2.24, 2.45) is 5.92 Å². The molecule has 0 bridgehead atoms. The Hall–Kier alpha value is -1.87. The largest absolute Gasteiger partial charge is 0.418 e. The molecule has 0 aliphatic carbocycles. The van der Waals surface area contributed by atoms with Gasteiger partial charge in [-0.3, -0.25) is 4.79 Å². The number of carbonyl (C=O) groups is 1. The summed E-state index contributed by atoms with van der Waals surface area (Å²) in [6.07, 6.45) is -2.18. The summed E-state index contributed by atoms with van der Waals surface area (Å²) < 4.78 is 45.4. The third-order valence-electron chi connectivity index (χ3n) is 5.43. The van der Waals surface area contributed by atoms with Gasteiger partial charge in [0.2, 0.25) is 5.91 Å². The van der Waals surface area contributed by atoms with Crippen molar-refractivity contribution in [1.29, 1.82) is 0 Å². The fourth-order valence-electron chi connectivity index (χ4n) is 3.82. The summed E-state index contributed by atoms with van der Waals surface area (Å²) in [5, 5.41) is 0.629. The number of para-hydroxylation sites is 1. The van der Waals surface area contributed by atoms with Gasteiger partial charge in [0, 0.05) is 32.6 Å². The van der Waals surface area contributed by atoms with Crippen LogP contribution in [-0.2, 0) is 15.7 Å². The van der Waals surface area contributed by atoms with Crippen LogP contribution in [0.3, 0.4) is 0 Å². The Morgan fingerprint density at radius 1 is 1.18 bits per heavy atom. The lowest BCUT2D eigenvalue weighted by Crippen LogP contribution is -2.42. The van der Waals surface area contributed by atoms with E-state index in [1.165, 1.54) is 17.4 Å². The van der Waals surface area contributed by atoms with Crippen molar-refractivity contribution in [3.8, 4) is 0 Å². The van der Waals surface area contributed by atoms with Crippen LogP contribution in [0.25, 0.3) is 10.2 Å². The number of benzene rings is 1. The van der Waals surface area contributed by atoms with E-state index in [2.05, 4.69) is 4.98 Å². The number of ether oxygens (including phenoxy) is 1. The van der Waals surface area contributed by atoms with E-state index in [4.69, 9.17) is 4.74 Å². The first-order chi connectivity index (χ1) is 13.4. The Balaban J connectivity index is 1.39. The first kappa shape index (κ1) is 19.4. The molecule has 4 rings (SSSR count). The van der Waals surface area contributed by atoms with Gasteiger partial charge < -0.3 is 14.5 Å². The number of carbonyl (C=O) groups excluding carboxylic acids is 1. The molecular formula is C19H22F3N3O2S. The molecule has 28 heavy (non-hydrogen) atoms. The predicted octanol–water partition coefficient (Wildman–Crippen LogP) is 3.78. The van der Waals surface area contributed by atoms with Crippen LogP contribution in [0.4, 0.5) is 18.3 Å². The molecular weight excluding hydrogens is 391 g/mol. The van der Waals surface area contributed by atoms with Crippen molar-refractivity contribution in [2.75, 3.05) is 44.3 Å². The van der Waals surface area contributed by atoms with E-state index in [-0.39, 0.29) is 11.4 Å². The second kappa shape index (κ2) is 7.87. The predicted molar refractivity (Wildman–Crippen MR) is 102 cm³/mol. The molecule has 5 nitrogen and oxygen atoms in total. The highest BCUT2D eigenvalue weighted by atomic mass is 32.1. The zero-order valence-corrected chi connectivity index (χ0v) is 16.2. The van der Waals surface area contributed by atoms with Crippen molar-refractivity contribution in [3.05, 3.63) is 23.8 Å². The van der Waals surface area contributed by atoms with E-state index < -0.39 is 11.7 Å². The first-order valence-electron chi connectivity index (χ1n) is 9.49. The summed E-state index contributed by atoms with van der Waals surface area (Å²) in [7, 11) is 0. The van der Waals surface area contributed by atoms with E-state index in [1.54, 1.807) is 6.07 Å². The molecule has 2 saturated heterocycles. The Morgan fingerprint density at radius 2 is 1.89 bits per heavy atom. The van der Waals surface area contributed by atoms with E-state index in [0.717, 1.165) is 18.9 Å². The fraction of sp³-hybridized carbons (Fsp3) is 0.579. The molecule has 2 aromatic rings. The Morgan fingerprint density at radius 3 is 2.57 bits per heavy atom. The maximum Gasteiger partial charge on any atom is 0.418 e. The van der Waals surface area contributed by atoms with E-state index in [9.17, 15) is 18.0 Å². The highest BCUT2D eigenvalue weighted by molar-refractivity contribution is 7.22. The molecule has 9 heteroatoms. The van der Waals surface area contributed by atoms with Gasteiger partial charge in [-0.15, -0.1) is 0 Å². The third-order valence-corrected chi connectivity index (χ3v) is 6.51. The number of hydrogen-bond acceptors (Lipinski definition) is 5. The van der Waals surface area contributed by atoms with Crippen molar-refractivity contribution in [2.45, 2.75) is 25.4 Å². The number of thiazole rings is 1. The zero-order valence-electron chi connectivity index (χ0n) is 15.4. The van der Waals surface area contributed by atoms with E-state index in [1.807, 2.05) is 9.80 Å². The van der Waals surface area contributed by atoms with Crippen LogP contribution in [0.2, 0.25) is 0 Å². The number of alkyl halides is 3. The minimum absolute atomic E-state index is 0.0274. The molecule has 0 spiro atoms. The number of fused-ring (bicyclic) bond motifs is 1. The maximum atomic E-state index is 13.2. The van der Waals surface area contributed by atoms with Gasteiger partial charge in [0.25, 0.3) is 0 Å².